The molecule has 2 nitrogen and oxygen atoms in total. The van der Waals surface area contributed by atoms with Gasteiger partial charge in [0.15, 0.2) is 0 Å². The van der Waals surface area contributed by atoms with E-state index in [2.05, 4.69) is 0 Å². The van der Waals surface area contributed by atoms with Crippen molar-refractivity contribution in [2.24, 2.45) is 5.73 Å². The molecule has 0 aliphatic carbocycles. The molecule has 0 saturated carbocycles. The van der Waals surface area contributed by atoms with E-state index in [1.54, 1.807) is 0 Å². The van der Waals surface area contributed by atoms with Crippen molar-refractivity contribution in [3.8, 4) is 0 Å². The van der Waals surface area contributed by atoms with Gasteiger partial charge in [-0.3, -0.25) is 0 Å². The fourth-order valence-corrected chi connectivity index (χ4v) is 1.37. The highest BCUT2D eigenvalue weighted by molar-refractivity contribution is 6.31. The molecule has 0 radical (unpaired) electrons. The van der Waals surface area contributed by atoms with Crippen molar-refractivity contribution in [3.05, 3.63) is 28.3 Å². The van der Waals surface area contributed by atoms with Gasteiger partial charge in [0.25, 0.3) is 0 Å². The summed E-state index contributed by atoms with van der Waals surface area (Å²) in [6.45, 7) is -0.0495. The Labute approximate surface area is 83.6 Å². The van der Waals surface area contributed by atoms with Crippen LogP contribution >= 0.6 is 11.6 Å². The van der Waals surface area contributed by atoms with Crippen LogP contribution in [0.2, 0.25) is 5.02 Å². The van der Waals surface area contributed by atoms with Crippen LogP contribution in [0.4, 0.5) is 18.9 Å². The second-order valence-electron chi connectivity index (χ2n) is 2.70. The average molecular weight is 225 g/mol. The van der Waals surface area contributed by atoms with Gasteiger partial charge in [-0.15, -0.1) is 0 Å². The molecule has 0 fully saturated rings. The molecular weight excluding hydrogens is 217 g/mol. The molecule has 78 valence electrons. The summed E-state index contributed by atoms with van der Waals surface area (Å²) in [5.41, 5.74) is 9.35. The molecule has 14 heavy (non-hydrogen) atoms. The van der Waals surface area contributed by atoms with Gasteiger partial charge in [-0.2, -0.15) is 13.2 Å². The van der Waals surface area contributed by atoms with Crippen molar-refractivity contribution < 1.29 is 13.2 Å². The Morgan fingerprint density at radius 1 is 1.29 bits per heavy atom. The number of rotatable bonds is 1. The maximum atomic E-state index is 12.4. The Bertz CT molecular complexity index is 349. The lowest BCUT2D eigenvalue weighted by molar-refractivity contribution is -0.136. The van der Waals surface area contributed by atoms with Crippen molar-refractivity contribution in [1.82, 2.24) is 0 Å². The number of hydrogen-bond donors (Lipinski definition) is 2. The zero-order chi connectivity index (χ0) is 10.9. The van der Waals surface area contributed by atoms with E-state index in [0.717, 1.165) is 6.07 Å². The minimum Gasteiger partial charge on any atom is -0.398 e. The highest BCUT2D eigenvalue weighted by atomic mass is 35.5. The molecule has 0 aliphatic heterocycles. The Hall–Kier alpha value is -0.940. The quantitative estimate of drug-likeness (QED) is 0.720. The molecule has 0 heterocycles. The molecule has 0 aliphatic rings. The lowest BCUT2D eigenvalue weighted by Gasteiger charge is -2.14. The van der Waals surface area contributed by atoms with Gasteiger partial charge in [0.05, 0.1) is 10.6 Å². The predicted molar refractivity (Wildman–Crippen MR) is 48.8 cm³/mol. The van der Waals surface area contributed by atoms with Gasteiger partial charge >= 0.3 is 6.18 Å². The lowest BCUT2D eigenvalue weighted by atomic mass is 10.1. The number of nitrogens with two attached hydrogens (primary N) is 2. The Kier molecular flexibility index (Phi) is 2.92. The van der Waals surface area contributed by atoms with Crippen LogP contribution in [-0.2, 0) is 12.7 Å². The zero-order valence-electron chi connectivity index (χ0n) is 7.03. The van der Waals surface area contributed by atoms with Crippen LogP contribution in [0, 0.1) is 0 Å². The van der Waals surface area contributed by atoms with Crippen molar-refractivity contribution in [3.63, 3.8) is 0 Å². The van der Waals surface area contributed by atoms with E-state index >= 15 is 0 Å². The fourth-order valence-electron chi connectivity index (χ4n) is 1.10. The van der Waals surface area contributed by atoms with Crippen LogP contribution in [0.3, 0.4) is 0 Å². The van der Waals surface area contributed by atoms with Crippen molar-refractivity contribution in [2.45, 2.75) is 12.7 Å². The molecule has 6 heteroatoms. The van der Waals surface area contributed by atoms with Gasteiger partial charge < -0.3 is 11.5 Å². The summed E-state index contributed by atoms with van der Waals surface area (Å²) in [5, 5.41) is -0.410. The van der Waals surface area contributed by atoms with E-state index in [1.165, 1.54) is 6.07 Å². The summed E-state index contributed by atoms with van der Waals surface area (Å²) < 4.78 is 37.3. The van der Waals surface area contributed by atoms with Crippen LogP contribution in [0.25, 0.3) is 0 Å². The third-order valence-corrected chi connectivity index (χ3v) is 2.10. The van der Waals surface area contributed by atoms with Crippen LogP contribution in [0.5, 0.6) is 0 Å². The largest absolute Gasteiger partial charge is 0.419 e. The Balaban J connectivity index is 3.40. The monoisotopic (exact) mass is 224 g/mol. The third-order valence-electron chi connectivity index (χ3n) is 1.79. The van der Waals surface area contributed by atoms with Crippen molar-refractivity contribution in [2.75, 3.05) is 5.73 Å². The highest BCUT2D eigenvalue weighted by Gasteiger charge is 2.36. The number of benzene rings is 1. The average Bonchev–Trinajstić information content (AvgIpc) is 2.02. The highest BCUT2D eigenvalue weighted by Crippen LogP contribution is 2.39. The molecule has 0 atom stereocenters. The van der Waals surface area contributed by atoms with E-state index < -0.39 is 22.4 Å². The van der Waals surface area contributed by atoms with Gasteiger partial charge in [-0.1, -0.05) is 17.7 Å². The van der Waals surface area contributed by atoms with E-state index in [0.29, 0.717) is 0 Å². The van der Waals surface area contributed by atoms with Crippen LogP contribution in [-0.4, -0.2) is 0 Å². The molecule has 0 spiro atoms. The minimum atomic E-state index is -4.55. The first kappa shape index (κ1) is 11.1. The smallest absolute Gasteiger partial charge is 0.398 e. The second kappa shape index (κ2) is 3.67. The van der Waals surface area contributed by atoms with Gasteiger partial charge in [0.1, 0.15) is 0 Å². The molecule has 0 unspecified atom stereocenters. The van der Waals surface area contributed by atoms with E-state index in [9.17, 15) is 13.2 Å². The van der Waals surface area contributed by atoms with Crippen LogP contribution in [0.1, 0.15) is 11.1 Å². The van der Waals surface area contributed by atoms with E-state index in [1.807, 2.05) is 0 Å². The molecule has 0 aromatic heterocycles. The van der Waals surface area contributed by atoms with Crippen LogP contribution < -0.4 is 11.5 Å². The van der Waals surface area contributed by atoms with E-state index in [-0.39, 0.29) is 12.1 Å². The first-order valence-electron chi connectivity index (χ1n) is 3.72. The molecule has 0 amide bonds. The summed E-state index contributed by atoms with van der Waals surface area (Å²) in [7, 11) is 0. The zero-order valence-corrected chi connectivity index (χ0v) is 7.78. The molecule has 4 N–H and O–H groups in total. The molecule has 0 bridgehead atoms. The molecule has 1 aromatic rings. The Morgan fingerprint density at radius 3 is 2.29 bits per heavy atom. The summed E-state index contributed by atoms with van der Waals surface area (Å²) in [4.78, 5) is 0. The van der Waals surface area contributed by atoms with Gasteiger partial charge in [0.2, 0.25) is 0 Å². The SMILES string of the molecule is NCc1ccc(Cl)c(C(F)(F)F)c1N. The molecule has 1 rings (SSSR count). The minimum absolute atomic E-state index is 0.0495. The van der Waals surface area contributed by atoms with Gasteiger partial charge in [0, 0.05) is 12.2 Å². The number of anilines is 1. The molecular formula is C8H8ClF3N2. The normalized spacial score (nSPS) is 11.8. The number of alkyl halides is 3. The maximum absolute atomic E-state index is 12.4. The number of nitrogen functional groups attached to an aromatic ring is 1. The standard InChI is InChI=1S/C8H8ClF3N2/c9-5-2-1-4(3-13)7(14)6(5)8(10,11)12/h1-2H,3,13-14H2. The summed E-state index contributed by atoms with van der Waals surface area (Å²) in [6, 6.07) is 2.52. The van der Waals surface area contributed by atoms with Crippen molar-refractivity contribution >= 4 is 17.3 Å². The number of halogens is 4. The summed E-state index contributed by atoms with van der Waals surface area (Å²) in [6.07, 6.45) is -4.55. The second-order valence-corrected chi connectivity index (χ2v) is 3.10. The fraction of sp³-hybridized carbons (Fsp3) is 0.250. The van der Waals surface area contributed by atoms with Gasteiger partial charge in [-0.05, 0) is 11.6 Å². The Morgan fingerprint density at radius 2 is 1.86 bits per heavy atom. The first-order chi connectivity index (χ1) is 6.38. The maximum Gasteiger partial charge on any atom is 0.419 e. The predicted octanol–water partition coefficient (Wildman–Crippen LogP) is 2.40. The molecule has 1 aromatic carbocycles. The topological polar surface area (TPSA) is 52.0 Å². The van der Waals surface area contributed by atoms with Gasteiger partial charge in [-0.25, -0.2) is 0 Å². The lowest BCUT2D eigenvalue weighted by Crippen LogP contribution is -2.13. The molecule has 0 saturated heterocycles. The summed E-state index contributed by atoms with van der Waals surface area (Å²) in [5.74, 6) is 0. The van der Waals surface area contributed by atoms with E-state index in [4.69, 9.17) is 23.1 Å². The van der Waals surface area contributed by atoms with Crippen LogP contribution in [0.15, 0.2) is 12.1 Å². The third kappa shape index (κ3) is 1.93. The first-order valence-corrected chi connectivity index (χ1v) is 4.10. The summed E-state index contributed by atoms with van der Waals surface area (Å²) >= 11 is 5.40. The van der Waals surface area contributed by atoms with Crippen molar-refractivity contribution in [1.29, 1.82) is 0 Å². The number of hydrogen-bond acceptors (Lipinski definition) is 2.